The van der Waals surface area contributed by atoms with Crippen LogP contribution in [0, 0.1) is 5.92 Å². The molecule has 0 aromatic rings. The minimum atomic E-state index is 0.719. The summed E-state index contributed by atoms with van der Waals surface area (Å²) in [6.07, 6.45) is 8.10. The standard InChI is InChI=1S/C16H34N2/c1-5-8-9-10-11-18-13-15(7-3)17-12-16(18)14(4)6-2/h14-17H,5-13H2,1-4H3. The first-order valence-electron chi connectivity index (χ1n) is 8.20. The Balaban J connectivity index is 2.43. The Morgan fingerprint density at radius 2 is 1.94 bits per heavy atom. The molecule has 0 amide bonds. The Kier molecular flexibility index (Phi) is 7.92. The first-order valence-corrected chi connectivity index (χ1v) is 8.20. The van der Waals surface area contributed by atoms with Crippen LogP contribution < -0.4 is 5.32 Å². The molecule has 1 heterocycles. The quantitative estimate of drug-likeness (QED) is 0.665. The lowest BCUT2D eigenvalue weighted by Gasteiger charge is -2.43. The van der Waals surface area contributed by atoms with Gasteiger partial charge in [-0.1, -0.05) is 53.4 Å². The van der Waals surface area contributed by atoms with Crippen LogP contribution >= 0.6 is 0 Å². The molecular formula is C16H34N2. The van der Waals surface area contributed by atoms with Crippen LogP contribution in [0.3, 0.4) is 0 Å². The zero-order valence-electron chi connectivity index (χ0n) is 13.0. The average Bonchev–Trinajstić information content (AvgIpc) is 2.42. The van der Waals surface area contributed by atoms with Gasteiger partial charge in [-0.25, -0.2) is 0 Å². The van der Waals surface area contributed by atoms with Gasteiger partial charge in [-0.15, -0.1) is 0 Å². The Hall–Kier alpha value is -0.0800. The molecule has 1 aliphatic heterocycles. The van der Waals surface area contributed by atoms with Gasteiger partial charge in [0.2, 0.25) is 0 Å². The van der Waals surface area contributed by atoms with Gasteiger partial charge in [-0.05, 0) is 25.3 Å². The molecule has 0 aromatic heterocycles. The van der Waals surface area contributed by atoms with Gasteiger partial charge in [0.15, 0.2) is 0 Å². The number of piperazine rings is 1. The van der Waals surface area contributed by atoms with Crippen LogP contribution in [0.4, 0.5) is 0 Å². The van der Waals surface area contributed by atoms with Crippen molar-refractivity contribution in [3.8, 4) is 0 Å². The molecule has 0 radical (unpaired) electrons. The summed E-state index contributed by atoms with van der Waals surface area (Å²) in [4.78, 5) is 2.77. The molecule has 18 heavy (non-hydrogen) atoms. The van der Waals surface area contributed by atoms with Crippen LogP contribution in [0.5, 0.6) is 0 Å². The molecule has 1 saturated heterocycles. The predicted molar refractivity (Wildman–Crippen MR) is 81.0 cm³/mol. The maximum absolute atomic E-state index is 3.72. The molecule has 0 aromatic carbocycles. The normalized spacial score (nSPS) is 27.3. The third-order valence-corrected chi connectivity index (χ3v) is 4.63. The molecular weight excluding hydrogens is 220 g/mol. The highest BCUT2D eigenvalue weighted by Crippen LogP contribution is 2.19. The average molecular weight is 254 g/mol. The summed E-state index contributed by atoms with van der Waals surface area (Å²) >= 11 is 0. The van der Waals surface area contributed by atoms with Crippen molar-refractivity contribution >= 4 is 0 Å². The second-order valence-corrected chi connectivity index (χ2v) is 6.02. The lowest BCUT2D eigenvalue weighted by Crippen LogP contribution is -2.58. The molecule has 3 unspecified atom stereocenters. The monoisotopic (exact) mass is 254 g/mol. The minimum Gasteiger partial charge on any atom is -0.311 e. The predicted octanol–water partition coefficient (Wildman–Crippen LogP) is 3.67. The molecule has 1 aliphatic rings. The lowest BCUT2D eigenvalue weighted by atomic mass is 9.93. The largest absolute Gasteiger partial charge is 0.311 e. The molecule has 1 fully saturated rings. The molecule has 0 bridgehead atoms. The summed E-state index contributed by atoms with van der Waals surface area (Å²) in [5, 5.41) is 3.72. The minimum absolute atomic E-state index is 0.719. The van der Waals surface area contributed by atoms with Gasteiger partial charge in [-0.2, -0.15) is 0 Å². The van der Waals surface area contributed by atoms with Crippen molar-refractivity contribution in [2.45, 2.75) is 78.3 Å². The SMILES string of the molecule is CCCCCCN1CC(CC)NCC1C(C)CC. The highest BCUT2D eigenvalue weighted by molar-refractivity contribution is 4.87. The van der Waals surface area contributed by atoms with Gasteiger partial charge in [0.1, 0.15) is 0 Å². The van der Waals surface area contributed by atoms with Crippen LogP contribution in [-0.4, -0.2) is 36.6 Å². The summed E-state index contributed by atoms with van der Waals surface area (Å²) in [5.41, 5.74) is 0. The molecule has 1 rings (SSSR count). The highest BCUT2D eigenvalue weighted by Gasteiger charge is 2.29. The molecule has 3 atom stereocenters. The summed E-state index contributed by atoms with van der Waals surface area (Å²) in [6.45, 7) is 13.1. The maximum Gasteiger partial charge on any atom is 0.0246 e. The second-order valence-electron chi connectivity index (χ2n) is 6.02. The summed E-state index contributed by atoms with van der Waals surface area (Å²) in [7, 11) is 0. The van der Waals surface area contributed by atoms with Crippen molar-refractivity contribution in [1.82, 2.24) is 10.2 Å². The van der Waals surface area contributed by atoms with Crippen molar-refractivity contribution in [1.29, 1.82) is 0 Å². The molecule has 2 heteroatoms. The molecule has 108 valence electrons. The van der Waals surface area contributed by atoms with E-state index < -0.39 is 0 Å². The molecule has 1 N–H and O–H groups in total. The summed E-state index contributed by atoms with van der Waals surface area (Å²) in [5.74, 6) is 0.821. The Bertz CT molecular complexity index is 205. The molecule has 0 saturated carbocycles. The van der Waals surface area contributed by atoms with E-state index in [1.807, 2.05) is 0 Å². The summed E-state index contributed by atoms with van der Waals surface area (Å²) in [6, 6.07) is 1.48. The van der Waals surface area contributed by atoms with Crippen molar-refractivity contribution in [2.75, 3.05) is 19.6 Å². The fraction of sp³-hybridized carbons (Fsp3) is 1.00. The summed E-state index contributed by atoms with van der Waals surface area (Å²) < 4.78 is 0. The van der Waals surface area contributed by atoms with Crippen molar-refractivity contribution in [2.24, 2.45) is 5.92 Å². The van der Waals surface area contributed by atoms with Gasteiger partial charge < -0.3 is 5.32 Å². The van der Waals surface area contributed by atoms with Crippen LogP contribution in [0.25, 0.3) is 0 Å². The van der Waals surface area contributed by atoms with E-state index in [0.29, 0.717) is 0 Å². The third-order valence-electron chi connectivity index (χ3n) is 4.63. The van der Waals surface area contributed by atoms with Crippen LogP contribution in [-0.2, 0) is 0 Å². The highest BCUT2D eigenvalue weighted by atomic mass is 15.2. The topological polar surface area (TPSA) is 15.3 Å². The fourth-order valence-corrected chi connectivity index (χ4v) is 3.00. The van der Waals surface area contributed by atoms with Crippen LogP contribution in [0.15, 0.2) is 0 Å². The number of rotatable bonds is 8. The van der Waals surface area contributed by atoms with Crippen LogP contribution in [0.2, 0.25) is 0 Å². The van der Waals surface area contributed by atoms with Gasteiger partial charge >= 0.3 is 0 Å². The molecule has 2 nitrogen and oxygen atoms in total. The van der Waals surface area contributed by atoms with Crippen LogP contribution in [0.1, 0.15) is 66.2 Å². The van der Waals surface area contributed by atoms with Crippen molar-refractivity contribution < 1.29 is 0 Å². The van der Waals surface area contributed by atoms with E-state index in [4.69, 9.17) is 0 Å². The lowest BCUT2D eigenvalue weighted by molar-refractivity contribution is 0.0884. The Morgan fingerprint density at radius 1 is 1.17 bits per heavy atom. The van der Waals surface area contributed by atoms with Crippen molar-refractivity contribution in [3.63, 3.8) is 0 Å². The molecule has 0 aliphatic carbocycles. The van der Waals surface area contributed by atoms with E-state index in [2.05, 4.69) is 37.9 Å². The second kappa shape index (κ2) is 8.92. The van der Waals surface area contributed by atoms with E-state index in [-0.39, 0.29) is 0 Å². The maximum atomic E-state index is 3.72. The number of hydrogen-bond acceptors (Lipinski definition) is 2. The Labute approximate surface area is 115 Å². The van der Waals surface area contributed by atoms with Gasteiger partial charge in [0, 0.05) is 25.2 Å². The van der Waals surface area contributed by atoms with E-state index in [1.165, 1.54) is 58.2 Å². The number of nitrogens with zero attached hydrogens (tertiary/aromatic N) is 1. The first kappa shape index (κ1) is 16.0. The van der Waals surface area contributed by atoms with Gasteiger partial charge in [0.05, 0.1) is 0 Å². The van der Waals surface area contributed by atoms with Crippen molar-refractivity contribution in [3.05, 3.63) is 0 Å². The van der Waals surface area contributed by atoms with E-state index >= 15 is 0 Å². The van der Waals surface area contributed by atoms with E-state index in [9.17, 15) is 0 Å². The van der Waals surface area contributed by atoms with E-state index in [0.717, 1.165) is 18.0 Å². The van der Waals surface area contributed by atoms with Gasteiger partial charge in [-0.3, -0.25) is 4.90 Å². The third kappa shape index (κ3) is 4.89. The Morgan fingerprint density at radius 3 is 2.56 bits per heavy atom. The molecule has 0 spiro atoms. The number of unbranched alkanes of at least 4 members (excludes halogenated alkanes) is 3. The fourth-order valence-electron chi connectivity index (χ4n) is 3.00. The number of hydrogen-bond donors (Lipinski definition) is 1. The zero-order valence-corrected chi connectivity index (χ0v) is 13.0. The van der Waals surface area contributed by atoms with E-state index in [1.54, 1.807) is 0 Å². The van der Waals surface area contributed by atoms with Gasteiger partial charge in [0.25, 0.3) is 0 Å². The zero-order chi connectivity index (χ0) is 13.4. The first-order chi connectivity index (χ1) is 8.72. The smallest absolute Gasteiger partial charge is 0.0246 e. The number of nitrogens with one attached hydrogen (secondary N) is 1.